The Balaban J connectivity index is 1.54. The van der Waals surface area contributed by atoms with Gasteiger partial charge in [0.05, 0.1) is 12.1 Å². The highest BCUT2D eigenvalue weighted by molar-refractivity contribution is 6.20. The fourth-order valence-electron chi connectivity index (χ4n) is 3.79. The molecule has 3 amide bonds. The summed E-state index contributed by atoms with van der Waals surface area (Å²) in [4.78, 5) is 54.2. The third kappa shape index (κ3) is 6.08. The Hall–Kier alpha value is -4.06. The number of halogens is 2. The summed E-state index contributed by atoms with van der Waals surface area (Å²) in [5.74, 6) is -2.47. The van der Waals surface area contributed by atoms with E-state index in [1.54, 1.807) is 39.0 Å². The molecule has 1 aliphatic rings. The minimum Gasteiger partial charge on any atom is -0.486 e. The van der Waals surface area contributed by atoms with E-state index in [9.17, 15) is 23.6 Å². The van der Waals surface area contributed by atoms with Crippen LogP contribution in [0, 0.1) is 5.82 Å². The van der Waals surface area contributed by atoms with E-state index in [1.165, 1.54) is 0 Å². The lowest BCUT2D eigenvalue weighted by atomic mass is 10.0. The van der Waals surface area contributed by atoms with E-state index in [4.69, 9.17) is 16.3 Å². The van der Waals surface area contributed by atoms with Gasteiger partial charge in [0.25, 0.3) is 11.8 Å². The lowest BCUT2D eigenvalue weighted by Gasteiger charge is -2.24. The number of alkyl halides is 1. The third-order valence-electron chi connectivity index (χ3n) is 5.52. The molecule has 1 atom stereocenters. The van der Waals surface area contributed by atoms with Crippen LogP contribution in [0.25, 0.3) is 5.65 Å². The van der Waals surface area contributed by atoms with E-state index in [2.05, 4.69) is 26.0 Å². The van der Waals surface area contributed by atoms with E-state index in [-0.39, 0.29) is 48.3 Å². The third-order valence-corrected chi connectivity index (χ3v) is 5.83. The highest BCUT2D eigenvalue weighted by atomic mass is 35.5. The van der Waals surface area contributed by atoms with Crippen LogP contribution in [0.1, 0.15) is 52.9 Å². The molecule has 3 heterocycles. The maximum Gasteiger partial charge on any atom is 0.270 e. The van der Waals surface area contributed by atoms with Crippen molar-refractivity contribution in [1.29, 1.82) is 0 Å². The Morgan fingerprint density at radius 1 is 1.21 bits per heavy atom. The summed E-state index contributed by atoms with van der Waals surface area (Å²) < 4.78 is 20.7. The molecule has 0 aliphatic carbocycles. The zero-order valence-electron chi connectivity index (χ0n) is 20.9. The summed E-state index contributed by atoms with van der Waals surface area (Å²) >= 11 is 5.92. The number of nitrogens with one attached hydrogen (secondary N) is 3. The van der Waals surface area contributed by atoms with Crippen molar-refractivity contribution in [2.75, 3.05) is 12.5 Å². The molecule has 1 aliphatic heterocycles. The summed E-state index contributed by atoms with van der Waals surface area (Å²) in [6.45, 7) is 5.45. The molecule has 1 aromatic carbocycles. The van der Waals surface area contributed by atoms with Gasteiger partial charge in [-0.1, -0.05) is 6.07 Å². The normalized spacial score (nSPS) is 13.9. The summed E-state index contributed by atoms with van der Waals surface area (Å²) in [5, 5.41) is 11.7. The average molecular weight is 545 g/mol. The second-order valence-corrected chi connectivity index (χ2v) is 10.1. The summed E-state index contributed by atoms with van der Waals surface area (Å²) in [5.41, 5.74) is 0.0746. The molecule has 4 rings (SSSR count). The number of ketones is 1. The van der Waals surface area contributed by atoms with Crippen molar-refractivity contribution >= 4 is 40.8 Å². The predicted molar refractivity (Wildman–Crippen MR) is 135 cm³/mol. The van der Waals surface area contributed by atoms with Gasteiger partial charge in [-0.25, -0.2) is 13.9 Å². The number of carbonyl (C=O) groups is 4. The number of fused-ring (bicyclic) bond motifs is 2. The zero-order chi connectivity index (χ0) is 27.6. The number of ether oxygens (including phenoxy) is 1. The number of hydrogen-bond acceptors (Lipinski definition) is 7. The molecular formula is C25H26ClFN6O5. The van der Waals surface area contributed by atoms with Gasteiger partial charge >= 0.3 is 0 Å². The van der Waals surface area contributed by atoms with E-state index in [0.717, 1.165) is 22.3 Å². The molecule has 38 heavy (non-hydrogen) atoms. The lowest BCUT2D eigenvalue weighted by molar-refractivity contribution is -0.124. The van der Waals surface area contributed by atoms with Crippen molar-refractivity contribution in [2.45, 2.75) is 45.3 Å². The fourth-order valence-corrected chi connectivity index (χ4v) is 4.01. The molecule has 0 bridgehead atoms. The SMILES string of the molecule is CC(C)(C)NC(=O)[C@H](CCl)NC(=O)c1cc(C(=O)NCc2ccc3c(c2)CC(=O)CO3)nc2c(F)cnn12. The summed E-state index contributed by atoms with van der Waals surface area (Å²) in [7, 11) is 0. The van der Waals surface area contributed by atoms with E-state index < -0.39 is 35.1 Å². The molecular weight excluding hydrogens is 519 g/mol. The maximum absolute atomic E-state index is 14.4. The maximum atomic E-state index is 14.4. The number of carbonyl (C=O) groups excluding carboxylic acids is 4. The molecule has 0 radical (unpaired) electrons. The number of hydrogen-bond donors (Lipinski definition) is 3. The molecule has 0 saturated carbocycles. The first-order chi connectivity index (χ1) is 17.9. The second-order valence-electron chi connectivity index (χ2n) is 9.80. The Morgan fingerprint density at radius 2 is 1.97 bits per heavy atom. The van der Waals surface area contributed by atoms with Crippen LogP contribution < -0.4 is 20.7 Å². The number of aromatic nitrogens is 3. The van der Waals surface area contributed by atoms with Crippen molar-refractivity contribution in [3.63, 3.8) is 0 Å². The molecule has 3 N–H and O–H groups in total. The molecule has 3 aromatic rings. The van der Waals surface area contributed by atoms with E-state index >= 15 is 0 Å². The van der Waals surface area contributed by atoms with Crippen molar-refractivity contribution in [3.05, 3.63) is 58.8 Å². The minimum absolute atomic E-state index is 0.0329. The fraction of sp³-hybridized carbons (Fsp3) is 0.360. The van der Waals surface area contributed by atoms with Crippen LogP contribution in [-0.4, -0.2) is 62.2 Å². The molecule has 0 unspecified atom stereocenters. The smallest absolute Gasteiger partial charge is 0.270 e. The Labute approximate surface area is 222 Å². The molecule has 0 saturated heterocycles. The minimum atomic E-state index is -1.09. The van der Waals surface area contributed by atoms with Crippen LogP contribution in [0.3, 0.4) is 0 Å². The lowest BCUT2D eigenvalue weighted by Crippen LogP contribution is -2.53. The molecule has 2 aromatic heterocycles. The number of Topliss-reactive ketones (excluding diaryl/α,β-unsaturated/α-hetero) is 1. The molecule has 13 heteroatoms. The Bertz CT molecular complexity index is 1430. The Morgan fingerprint density at radius 3 is 2.68 bits per heavy atom. The van der Waals surface area contributed by atoms with Gasteiger partial charge in [-0.15, -0.1) is 11.6 Å². The first-order valence-electron chi connectivity index (χ1n) is 11.7. The average Bonchev–Trinajstić information content (AvgIpc) is 3.24. The van der Waals surface area contributed by atoms with E-state index in [0.29, 0.717) is 11.3 Å². The van der Waals surface area contributed by atoms with Gasteiger partial charge in [-0.2, -0.15) is 5.10 Å². The zero-order valence-corrected chi connectivity index (χ0v) is 21.7. The van der Waals surface area contributed by atoms with Crippen LogP contribution in [-0.2, 0) is 22.6 Å². The first kappa shape index (κ1) is 27.0. The molecule has 200 valence electrons. The van der Waals surface area contributed by atoms with E-state index in [1.807, 2.05) is 0 Å². The van der Waals surface area contributed by atoms with Gasteiger partial charge in [0, 0.05) is 30.1 Å². The monoisotopic (exact) mass is 544 g/mol. The van der Waals surface area contributed by atoms with Crippen LogP contribution in [0.4, 0.5) is 4.39 Å². The van der Waals surface area contributed by atoms with Crippen LogP contribution in [0.15, 0.2) is 30.5 Å². The van der Waals surface area contributed by atoms with Crippen LogP contribution in [0.5, 0.6) is 5.75 Å². The quantitative estimate of drug-likeness (QED) is 0.383. The van der Waals surface area contributed by atoms with Gasteiger partial charge in [-0.05, 0) is 38.5 Å². The highest BCUT2D eigenvalue weighted by Crippen LogP contribution is 2.24. The first-order valence-corrected chi connectivity index (χ1v) is 12.3. The number of rotatable bonds is 7. The summed E-state index contributed by atoms with van der Waals surface area (Å²) in [6.07, 6.45) is 1.11. The van der Waals surface area contributed by atoms with Crippen LogP contribution >= 0.6 is 11.6 Å². The number of amides is 3. The number of benzene rings is 1. The highest BCUT2D eigenvalue weighted by Gasteiger charge is 2.27. The molecule has 11 nitrogen and oxygen atoms in total. The standard InChI is InChI=1S/C25H26ClFN6O5/c1-25(2,3)32-23(36)18(9-26)31-24(37)19-8-17(30-21-16(27)11-29-33(19)21)22(35)28-10-13-4-5-20-14(6-13)7-15(34)12-38-20/h4-6,8,11,18H,7,9-10,12H2,1-3H3,(H,28,35)(H,31,37)(H,32,36)/t18-/m0/s1. The van der Waals surface area contributed by atoms with Gasteiger partial charge in [0.15, 0.2) is 17.2 Å². The van der Waals surface area contributed by atoms with Gasteiger partial charge in [0.2, 0.25) is 5.91 Å². The predicted octanol–water partition coefficient (Wildman–Crippen LogP) is 1.55. The molecule has 0 fully saturated rings. The number of nitrogens with zero attached hydrogens (tertiary/aromatic N) is 3. The Kier molecular flexibility index (Phi) is 7.63. The van der Waals surface area contributed by atoms with Gasteiger partial charge in [-0.3, -0.25) is 19.2 Å². The van der Waals surface area contributed by atoms with Crippen LogP contribution in [0.2, 0.25) is 0 Å². The largest absolute Gasteiger partial charge is 0.486 e. The second kappa shape index (κ2) is 10.7. The molecule has 0 spiro atoms. The van der Waals surface area contributed by atoms with Crippen molar-refractivity contribution < 1.29 is 28.3 Å². The van der Waals surface area contributed by atoms with Gasteiger partial charge in [0.1, 0.15) is 29.8 Å². The van der Waals surface area contributed by atoms with Gasteiger partial charge < -0.3 is 20.7 Å². The van der Waals surface area contributed by atoms with Crippen molar-refractivity contribution in [2.24, 2.45) is 0 Å². The summed E-state index contributed by atoms with van der Waals surface area (Å²) in [6, 6.07) is 5.28. The van der Waals surface area contributed by atoms with Crippen molar-refractivity contribution in [1.82, 2.24) is 30.5 Å². The topological polar surface area (TPSA) is 144 Å². The van der Waals surface area contributed by atoms with Crippen molar-refractivity contribution in [3.8, 4) is 5.75 Å².